The maximum absolute atomic E-state index is 13.1. The van der Waals surface area contributed by atoms with Crippen LogP contribution in [0, 0.1) is 6.92 Å². The Morgan fingerprint density at radius 3 is 2.58 bits per heavy atom. The van der Waals surface area contributed by atoms with Gasteiger partial charge in [-0.3, -0.25) is 14.6 Å². The molecule has 1 N–H and O–H groups in total. The van der Waals surface area contributed by atoms with Crippen LogP contribution in [0.1, 0.15) is 27.6 Å². The summed E-state index contributed by atoms with van der Waals surface area (Å²) >= 11 is 4.87. The maximum Gasteiger partial charge on any atom is 0.295 e. The van der Waals surface area contributed by atoms with Gasteiger partial charge in [-0.25, -0.2) is 0 Å². The first-order valence-electron chi connectivity index (χ1n) is 9.47. The summed E-state index contributed by atoms with van der Waals surface area (Å²) in [7, 11) is 1.55. The maximum atomic E-state index is 13.1. The summed E-state index contributed by atoms with van der Waals surface area (Å²) in [5, 5.41) is 13.1. The van der Waals surface area contributed by atoms with Gasteiger partial charge in [0.05, 0.1) is 17.2 Å². The number of ether oxygens (including phenoxy) is 1. The van der Waals surface area contributed by atoms with E-state index in [0.717, 1.165) is 16.0 Å². The highest BCUT2D eigenvalue weighted by Gasteiger charge is 2.47. The molecule has 1 aliphatic heterocycles. The molecule has 3 aromatic rings. The van der Waals surface area contributed by atoms with Crippen molar-refractivity contribution in [2.24, 2.45) is 0 Å². The number of likely N-dealkylation sites (tertiary alicyclic amines) is 1. The Morgan fingerprint density at radius 1 is 1.23 bits per heavy atom. The van der Waals surface area contributed by atoms with Gasteiger partial charge in [-0.2, -0.15) is 0 Å². The van der Waals surface area contributed by atoms with Crippen molar-refractivity contribution in [2.45, 2.75) is 19.5 Å². The lowest BCUT2D eigenvalue weighted by molar-refractivity contribution is -0.140. The van der Waals surface area contributed by atoms with Gasteiger partial charge in [0.15, 0.2) is 0 Å². The molecule has 1 unspecified atom stereocenters. The summed E-state index contributed by atoms with van der Waals surface area (Å²) in [5.74, 6) is -0.947. The van der Waals surface area contributed by atoms with Crippen molar-refractivity contribution in [1.82, 2.24) is 9.88 Å². The number of nitrogens with zero attached hydrogens (tertiary/aromatic N) is 2. The lowest BCUT2D eigenvalue weighted by Gasteiger charge is -2.25. The van der Waals surface area contributed by atoms with E-state index in [-0.39, 0.29) is 17.9 Å². The Balaban J connectivity index is 1.86. The lowest BCUT2D eigenvalue weighted by Crippen LogP contribution is -2.29. The summed E-state index contributed by atoms with van der Waals surface area (Å²) in [6, 6.07) is 9.90. The Hall–Kier alpha value is -2.97. The van der Waals surface area contributed by atoms with Crippen LogP contribution in [-0.2, 0) is 16.1 Å². The van der Waals surface area contributed by atoms with Crippen LogP contribution >= 0.6 is 27.3 Å². The van der Waals surface area contributed by atoms with E-state index in [9.17, 15) is 14.7 Å². The molecule has 158 valence electrons. The van der Waals surface area contributed by atoms with Crippen molar-refractivity contribution >= 4 is 44.7 Å². The quantitative estimate of drug-likeness (QED) is 0.309. The average Bonchev–Trinajstić information content (AvgIpc) is 3.29. The molecule has 1 amide bonds. The number of aliphatic hydroxyl groups excluding tert-OH is 1. The van der Waals surface area contributed by atoms with Crippen LogP contribution in [0.2, 0.25) is 0 Å². The number of benzene rings is 1. The van der Waals surface area contributed by atoms with E-state index in [1.165, 1.54) is 16.2 Å². The highest BCUT2D eigenvalue weighted by atomic mass is 79.9. The number of pyridine rings is 1. The minimum atomic E-state index is -0.698. The number of aromatic nitrogens is 1. The third-order valence-corrected chi connectivity index (χ3v) is 6.91. The van der Waals surface area contributed by atoms with Gasteiger partial charge in [0, 0.05) is 29.4 Å². The first-order chi connectivity index (χ1) is 14.9. The normalized spacial score (nSPS) is 17.9. The molecule has 1 aliphatic rings. The number of carbonyl (C=O) groups excluding carboxylic acids is 2. The molecule has 0 bridgehead atoms. The number of Topliss-reactive ketones (excluding diaryl/α,β-unsaturated/α-hetero) is 1. The van der Waals surface area contributed by atoms with Crippen LogP contribution in [0.4, 0.5) is 0 Å². The molecular weight excluding hydrogens is 480 g/mol. The number of halogens is 1. The number of carbonyl (C=O) groups is 2. The fraction of sp³-hybridized carbons (Fsp3) is 0.174. The average molecular weight is 499 g/mol. The second-order valence-corrected chi connectivity index (χ2v) is 8.90. The van der Waals surface area contributed by atoms with Crippen LogP contribution in [-0.4, -0.2) is 33.8 Å². The molecule has 1 atom stereocenters. The zero-order valence-corrected chi connectivity index (χ0v) is 19.2. The zero-order chi connectivity index (χ0) is 22.1. The highest BCUT2D eigenvalue weighted by molar-refractivity contribution is 9.10. The van der Waals surface area contributed by atoms with E-state index in [1.807, 2.05) is 18.4 Å². The van der Waals surface area contributed by atoms with Crippen LogP contribution in [0.25, 0.3) is 5.76 Å². The van der Waals surface area contributed by atoms with Crippen molar-refractivity contribution < 1.29 is 19.4 Å². The minimum Gasteiger partial charge on any atom is -0.507 e. The summed E-state index contributed by atoms with van der Waals surface area (Å²) in [4.78, 5) is 32.5. The molecule has 0 saturated carbocycles. The minimum absolute atomic E-state index is 0.0849. The van der Waals surface area contributed by atoms with Crippen molar-refractivity contribution in [2.75, 3.05) is 7.11 Å². The van der Waals surface area contributed by atoms with Gasteiger partial charge in [0.25, 0.3) is 11.7 Å². The van der Waals surface area contributed by atoms with Crippen molar-refractivity contribution in [3.05, 3.63) is 85.8 Å². The van der Waals surface area contributed by atoms with Crippen molar-refractivity contribution in [1.29, 1.82) is 0 Å². The number of aryl methyl sites for hydroxylation is 1. The number of hydrogen-bond acceptors (Lipinski definition) is 6. The number of hydrogen-bond donors (Lipinski definition) is 1. The molecule has 1 aromatic carbocycles. The molecule has 2 aromatic heterocycles. The second-order valence-electron chi connectivity index (χ2n) is 7.10. The molecule has 1 saturated heterocycles. The number of methoxy groups -OCH3 is 1. The lowest BCUT2D eigenvalue weighted by atomic mass is 9.98. The van der Waals surface area contributed by atoms with Gasteiger partial charge >= 0.3 is 0 Å². The molecule has 0 aliphatic carbocycles. The van der Waals surface area contributed by atoms with Crippen molar-refractivity contribution in [3.63, 3.8) is 0 Å². The van der Waals surface area contributed by atoms with Crippen molar-refractivity contribution in [3.8, 4) is 5.75 Å². The standard InChI is InChI=1S/C23H19BrN2O4S/c1-13-7-10-31-22(13)19-18(20(27)15-3-4-17(30-2)16(24)11-15)21(28)23(29)26(19)12-14-5-8-25-9-6-14/h3-11,19,27H,12H2,1-2H3/b20-18-. The van der Waals surface area contributed by atoms with E-state index in [0.29, 0.717) is 15.8 Å². The smallest absolute Gasteiger partial charge is 0.295 e. The number of amides is 1. The van der Waals surface area contributed by atoms with Gasteiger partial charge < -0.3 is 14.7 Å². The fourth-order valence-electron chi connectivity index (χ4n) is 3.63. The molecule has 31 heavy (non-hydrogen) atoms. The first kappa shape index (κ1) is 21.3. The summed E-state index contributed by atoms with van der Waals surface area (Å²) in [6.07, 6.45) is 3.29. The number of rotatable bonds is 5. The van der Waals surface area contributed by atoms with E-state index in [1.54, 1.807) is 49.8 Å². The Bertz CT molecular complexity index is 1190. The van der Waals surface area contributed by atoms with E-state index in [4.69, 9.17) is 4.74 Å². The molecule has 0 radical (unpaired) electrons. The van der Waals surface area contributed by atoms with Gasteiger partial charge in [-0.05, 0) is 75.8 Å². The molecule has 1 fully saturated rings. The summed E-state index contributed by atoms with van der Waals surface area (Å²) in [5.41, 5.74) is 2.32. The number of ketones is 1. The summed E-state index contributed by atoms with van der Waals surface area (Å²) < 4.78 is 5.88. The van der Waals surface area contributed by atoms with E-state index < -0.39 is 17.7 Å². The van der Waals surface area contributed by atoms with E-state index >= 15 is 0 Å². The van der Waals surface area contributed by atoms with Gasteiger partial charge in [-0.1, -0.05) is 0 Å². The van der Waals surface area contributed by atoms with Gasteiger partial charge in [-0.15, -0.1) is 11.3 Å². The van der Waals surface area contributed by atoms with Crippen LogP contribution < -0.4 is 4.74 Å². The van der Waals surface area contributed by atoms with Gasteiger partial charge in [0.1, 0.15) is 17.6 Å². The first-order valence-corrected chi connectivity index (χ1v) is 11.1. The largest absolute Gasteiger partial charge is 0.507 e. The van der Waals surface area contributed by atoms with Crippen LogP contribution in [0.5, 0.6) is 5.75 Å². The highest BCUT2D eigenvalue weighted by Crippen LogP contribution is 2.43. The molecule has 8 heteroatoms. The van der Waals surface area contributed by atoms with E-state index in [2.05, 4.69) is 20.9 Å². The second kappa shape index (κ2) is 8.64. The third-order valence-electron chi connectivity index (χ3n) is 5.22. The Morgan fingerprint density at radius 2 is 1.97 bits per heavy atom. The van der Waals surface area contributed by atoms with Crippen LogP contribution in [0.3, 0.4) is 0 Å². The molecule has 3 heterocycles. The number of aliphatic hydroxyl groups is 1. The number of thiophene rings is 1. The zero-order valence-electron chi connectivity index (χ0n) is 16.8. The predicted molar refractivity (Wildman–Crippen MR) is 122 cm³/mol. The Labute approximate surface area is 191 Å². The fourth-order valence-corrected chi connectivity index (χ4v) is 5.22. The SMILES string of the molecule is COc1ccc(/C(O)=C2/C(=O)C(=O)N(Cc3ccncc3)C2c2sccc2C)cc1Br. The van der Waals surface area contributed by atoms with Crippen LogP contribution in [0.15, 0.2) is 64.2 Å². The molecule has 6 nitrogen and oxygen atoms in total. The molecule has 0 spiro atoms. The third kappa shape index (κ3) is 3.88. The van der Waals surface area contributed by atoms with Gasteiger partial charge in [0.2, 0.25) is 0 Å². The predicted octanol–water partition coefficient (Wildman–Crippen LogP) is 4.84. The molecule has 4 rings (SSSR count). The summed E-state index contributed by atoms with van der Waals surface area (Å²) in [6.45, 7) is 2.17. The Kier molecular flexibility index (Phi) is 5.93. The topological polar surface area (TPSA) is 79.7 Å². The molecular formula is C23H19BrN2O4S. The monoisotopic (exact) mass is 498 g/mol.